The summed E-state index contributed by atoms with van der Waals surface area (Å²) >= 11 is 0. The summed E-state index contributed by atoms with van der Waals surface area (Å²) in [6.07, 6.45) is 3.67. The Bertz CT molecular complexity index is 757. The first-order chi connectivity index (χ1) is 14.4. The van der Waals surface area contributed by atoms with E-state index < -0.39 is 53.1 Å². The topological polar surface area (TPSA) is 113 Å². The first kappa shape index (κ1) is 24.8. The lowest BCUT2D eigenvalue weighted by Crippen LogP contribution is -2.63. The number of aliphatic hydroxyl groups is 1. The standard InChI is InChI=1S/C22H34N2O7/c1-7-14(3)17(24-16(25)11-12-22(24,29)20(28)30-8-2)18(26)23-13-9-10-15(23)19(27)31-21(4,5)6/h11-12,14-15,17,29H,7-10,13H2,1-6H3/t14-,15-,17-,22?/m0/s1. The van der Waals surface area contributed by atoms with Crippen LogP contribution < -0.4 is 0 Å². The number of nitrogens with zero attached hydrogens (tertiary/aromatic N) is 2. The van der Waals surface area contributed by atoms with Crippen LogP contribution in [0.15, 0.2) is 12.2 Å². The molecule has 2 amide bonds. The van der Waals surface area contributed by atoms with Gasteiger partial charge in [0.25, 0.3) is 5.72 Å². The van der Waals surface area contributed by atoms with E-state index in [2.05, 4.69) is 0 Å². The molecule has 2 heterocycles. The van der Waals surface area contributed by atoms with Gasteiger partial charge in [-0.25, -0.2) is 9.59 Å². The summed E-state index contributed by atoms with van der Waals surface area (Å²) in [5, 5.41) is 11.0. The van der Waals surface area contributed by atoms with E-state index in [0.717, 1.165) is 17.1 Å². The monoisotopic (exact) mass is 438 g/mol. The Hall–Kier alpha value is -2.42. The Morgan fingerprint density at radius 3 is 2.48 bits per heavy atom. The van der Waals surface area contributed by atoms with Crippen molar-refractivity contribution in [3.8, 4) is 0 Å². The summed E-state index contributed by atoms with van der Waals surface area (Å²) in [7, 11) is 0. The molecule has 9 heteroatoms. The van der Waals surface area contributed by atoms with Crippen LogP contribution in [0.1, 0.15) is 60.8 Å². The molecule has 9 nitrogen and oxygen atoms in total. The Kier molecular flexibility index (Phi) is 7.52. The molecule has 0 aliphatic carbocycles. The molecule has 1 N–H and O–H groups in total. The van der Waals surface area contributed by atoms with Gasteiger partial charge >= 0.3 is 11.9 Å². The largest absolute Gasteiger partial charge is 0.462 e. The van der Waals surface area contributed by atoms with Crippen molar-refractivity contribution in [1.82, 2.24) is 9.80 Å². The lowest BCUT2D eigenvalue weighted by Gasteiger charge is -2.41. The molecule has 1 fully saturated rings. The maximum atomic E-state index is 13.7. The van der Waals surface area contributed by atoms with Crippen molar-refractivity contribution in [1.29, 1.82) is 0 Å². The van der Waals surface area contributed by atoms with Gasteiger partial charge in [0.15, 0.2) is 0 Å². The van der Waals surface area contributed by atoms with E-state index in [1.807, 2.05) is 6.92 Å². The van der Waals surface area contributed by atoms with E-state index in [-0.39, 0.29) is 6.61 Å². The van der Waals surface area contributed by atoms with Gasteiger partial charge in [-0.15, -0.1) is 0 Å². The highest BCUT2D eigenvalue weighted by molar-refractivity contribution is 6.02. The van der Waals surface area contributed by atoms with E-state index in [4.69, 9.17) is 9.47 Å². The van der Waals surface area contributed by atoms with Crippen molar-refractivity contribution in [3.05, 3.63) is 12.2 Å². The van der Waals surface area contributed by atoms with Gasteiger partial charge in [0, 0.05) is 12.6 Å². The average molecular weight is 439 g/mol. The second-order valence-corrected chi connectivity index (χ2v) is 9.04. The quantitative estimate of drug-likeness (QED) is 0.598. The van der Waals surface area contributed by atoms with Crippen LogP contribution in [0.3, 0.4) is 0 Å². The molecule has 174 valence electrons. The molecule has 0 aromatic rings. The molecule has 2 rings (SSSR count). The third-order valence-electron chi connectivity index (χ3n) is 5.57. The minimum Gasteiger partial charge on any atom is -0.462 e. The number of carbonyl (C=O) groups excluding carboxylic acids is 4. The van der Waals surface area contributed by atoms with Crippen LogP contribution in [0.2, 0.25) is 0 Å². The number of amides is 2. The van der Waals surface area contributed by atoms with Crippen molar-refractivity contribution in [2.24, 2.45) is 5.92 Å². The normalized spacial score (nSPS) is 25.5. The molecule has 2 aliphatic rings. The van der Waals surface area contributed by atoms with Crippen molar-refractivity contribution < 1.29 is 33.8 Å². The number of hydrogen-bond acceptors (Lipinski definition) is 7. The van der Waals surface area contributed by atoms with E-state index >= 15 is 0 Å². The molecular formula is C22H34N2O7. The zero-order valence-electron chi connectivity index (χ0n) is 19.2. The minimum absolute atomic E-state index is 0.00576. The van der Waals surface area contributed by atoms with Crippen molar-refractivity contribution in [3.63, 3.8) is 0 Å². The fourth-order valence-electron chi connectivity index (χ4n) is 3.92. The third-order valence-corrected chi connectivity index (χ3v) is 5.57. The molecule has 0 aromatic heterocycles. The number of esters is 2. The molecule has 31 heavy (non-hydrogen) atoms. The van der Waals surface area contributed by atoms with Gasteiger partial charge in [-0.2, -0.15) is 0 Å². The van der Waals surface area contributed by atoms with Crippen LogP contribution >= 0.6 is 0 Å². The van der Waals surface area contributed by atoms with Crippen molar-refractivity contribution >= 4 is 23.8 Å². The summed E-state index contributed by atoms with van der Waals surface area (Å²) in [6.45, 7) is 10.8. The predicted molar refractivity (Wildman–Crippen MR) is 111 cm³/mol. The van der Waals surface area contributed by atoms with E-state index in [0.29, 0.717) is 25.8 Å². The predicted octanol–water partition coefficient (Wildman–Crippen LogP) is 1.38. The van der Waals surface area contributed by atoms with Gasteiger partial charge in [-0.3, -0.25) is 14.5 Å². The Morgan fingerprint density at radius 2 is 1.94 bits per heavy atom. The summed E-state index contributed by atoms with van der Waals surface area (Å²) in [5.74, 6) is -3.09. The first-order valence-corrected chi connectivity index (χ1v) is 10.8. The summed E-state index contributed by atoms with van der Waals surface area (Å²) in [6, 6.07) is -1.93. The number of carbonyl (C=O) groups is 4. The van der Waals surface area contributed by atoms with Crippen LogP contribution in [0, 0.1) is 5.92 Å². The fourth-order valence-corrected chi connectivity index (χ4v) is 3.92. The third kappa shape index (κ3) is 5.08. The van der Waals surface area contributed by atoms with Gasteiger partial charge < -0.3 is 19.5 Å². The maximum absolute atomic E-state index is 13.7. The van der Waals surface area contributed by atoms with E-state index in [1.165, 1.54) is 4.90 Å². The molecule has 1 saturated heterocycles. The molecule has 1 unspecified atom stereocenters. The number of likely N-dealkylation sites (tertiary alicyclic amines) is 1. The molecule has 2 aliphatic heterocycles. The smallest absolute Gasteiger partial charge is 0.364 e. The van der Waals surface area contributed by atoms with E-state index in [1.54, 1.807) is 34.6 Å². The molecule has 0 saturated carbocycles. The van der Waals surface area contributed by atoms with Crippen molar-refractivity contribution in [2.75, 3.05) is 13.2 Å². The maximum Gasteiger partial charge on any atom is 0.364 e. The average Bonchev–Trinajstić information content (AvgIpc) is 3.28. The van der Waals surface area contributed by atoms with Crippen LogP contribution in [0.4, 0.5) is 0 Å². The molecule has 4 atom stereocenters. The minimum atomic E-state index is -2.38. The second kappa shape index (κ2) is 9.38. The number of rotatable bonds is 7. The van der Waals surface area contributed by atoms with Gasteiger partial charge in [0.1, 0.15) is 17.7 Å². The van der Waals surface area contributed by atoms with Crippen LogP contribution in [0.5, 0.6) is 0 Å². The second-order valence-electron chi connectivity index (χ2n) is 9.04. The first-order valence-electron chi connectivity index (χ1n) is 10.8. The Labute approximate surface area is 183 Å². The Balaban J connectivity index is 2.39. The fraction of sp³-hybridized carbons (Fsp3) is 0.727. The van der Waals surface area contributed by atoms with Gasteiger partial charge in [-0.05, 0) is 52.5 Å². The van der Waals surface area contributed by atoms with Gasteiger partial charge in [0.05, 0.1) is 6.61 Å². The molecule has 0 aromatic carbocycles. The van der Waals surface area contributed by atoms with Crippen LogP contribution in [-0.4, -0.2) is 75.2 Å². The zero-order valence-corrected chi connectivity index (χ0v) is 19.2. The SMILES string of the molecule is CCOC(=O)C1(O)C=CC(=O)N1[C@H](C(=O)N1CCC[C@H]1C(=O)OC(C)(C)C)[C@@H](C)CC. The van der Waals surface area contributed by atoms with E-state index in [9.17, 15) is 24.3 Å². The highest BCUT2D eigenvalue weighted by Crippen LogP contribution is 2.33. The summed E-state index contributed by atoms with van der Waals surface area (Å²) in [4.78, 5) is 53.8. The lowest BCUT2D eigenvalue weighted by atomic mass is 9.94. The summed E-state index contributed by atoms with van der Waals surface area (Å²) in [5.41, 5.74) is -3.08. The molecule has 0 spiro atoms. The highest BCUT2D eigenvalue weighted by atomic mass is 16.6. The molecule has 0 radical (unpaired) electrons. The number of ether oxygens (including phenoxy) is 2. The Morgan fingerprint density at radius 1 is 1.29 bits per heavy atom. The summed E-state index contributed by atoms with van der Waals surface area (Å²) < 4.78 is 10.4. The molecule has 0 bridgehead atoms. The van der Waals surface area contributed by atoms with Crippen LogP contribution in [-0.2, 0) is 28.7 Å². The van der Waals surface area contributed by atoms with Gasteiger partial charge in [0.2, 0.25) is 11.8 Å². The highest BCUT2D eigenvalue weighted by Gasteiger charge is 2.55. The van der Waals surface area contributed by atoms with Crippen molar-refractivity contribution in [2.45, 2.75) is 84.2 Å². The zero-order chi connectivity index (χ0) is 23.6. The van der Waals surface area contributed by atoms with Gasteiger partial charge in [-0.1, -0.05) is 20.3 Å². The molecular weight excluding hydrogens is 404 g/mol. The lowest BCUT2D eigenvalue weighted by molar-refractivity contribution is -0.188. The van der Waals surface area contributed by atoms with Crippen LogP contribution in [0.25, 0.3) is 0 Å². The number of hydrogen-bond donors (Lipinski definition) is 1.